The van der Waals surface area contributed by atoms with E-state index in [1.165, 1.54) is 11.7 Å². The summed E-state index contributed by atoms with van der Waals surface area (Å²) in [6.07, 6.45) is 0.572. The second-order valence-electron chi connectivity index (χ2n) is 3.13. The summed E-state index contributed by atoms with van der Waals surface area (Å²) in [6.45, 7) is 0.106. The molecule has 14 heavy (non-hydrogen) atoms. The molecule has 2 rings (SSSR count). The first-order chi connectivity index (χ1) is 6.81. The van der Waals surface area contributed by atoms with Gasteiger partial charge >= 0.3 is 0 Å². The molecule has 74 valence electrons. The summed E-state index contributed by atoms with van der Waals surface area (Å²) in [5.74, 6) is 0. The zero-order valence-electron chi connectivity index (χ0n) is 7.55. The van der Waals surface area contributed by atoms with Crippen LogP contribution in [0.1, 0.15) is 18.0 Å². The number of aliphatic hydroxyl groups excluding tert-OH is 1. The fourth-order valence-corrected chi connectivity index (χ4v) is 1.85. The standard InChI is InChI=1S/C9H11N3OS/c10-7(3-4-13)6-1-2-8-9(5-6)12-14-11-8/h1-2,5,7,13H,3-4,10H2. The number of fused-ring (bicyclic) bond motifs is 1. The first kappa shape index (κ1) is 9.51. The van der Waals surface area contributed by atoms with Gasteiger partial charge in [-0.1, -0.05) is 6.07 Å². The van der Waals surface area contributed by atoms with Gasteiger partial charge in [0.1, 0.15) is 11.0 Å². The summed E-state index contributed by atoms with van der Waals surface area (Å²) in [5, 5.41) is 8.77. The Morgan fingerprint density at radius 2 is 2.14 bits per heavy atom. The second-order valence-corrected chi connectivity index (χ2v) is 3.66. The van der Waals surface area contributed by atoms with Gasteiger partial charge < -0.3 is 10.8 Å². The molecule has 4 nitrogen and oxygen atoms in total. The summed E-state index contributed by atoms with van der Waals surface area (Å²) in [7, 11) is 0. The van der Waals surface area contributed by atoms with Crippen LogP contribution in [-0.2, 0) is 0 Å². The molecule has 5 heteroatoms. The fraction of sp³-hybridized carbons (Fsp3) is 0.333. The zero-order valence-corrected chi connectivity index (χ0v) is 8.37. The molecule has 1 atom stereocenters. The van der Waals surface area contributed by atoms with Crippen LogP contribution in [-0.4, -0.2) is 20.5 Å². The van der Waals surface area contributed by atoms with E-state index in [1.807, 2.05) is 18.2 Å². The van der Waals surface area contributed by atoms with Crippen molar-refractivity contribution >= 4 is 22.8 Å². The van der Waals surface area contributed by atoms with Crippen molar-refractivity contribution in [3.05, 3.63) is 23.8 Å². The zero-order chi connectivity index (χ0) is 9.97. The van der Waals surface area contributed by atoms with Gasteiger partial charge in [0.2, 0.25) is 0 Å². The molecule has 1 aromatic carbocycles. The van der Waals surface area contributed by atoms with Gasteiger partial charge in [0.25, 0.3) is 0 Å². The smallest absolute Gasteiger partial charge is 0.105 e. The highest BCUT2D eigenvalue weighted by Crippen LogP contribution is 2.19. The minimum absolute atomic E-state index is 0.106. The number of benzene rings is 1. The lowest BCUT2D eigenvalue weighted by molar-refractivity contribution is 0.276. The van der Waals surface area contributed by atoms with Crippen molar-refractivity contribution in [1.29, 1.82) is 0 Å². The molecular formula is C9H11N3OS. The average molecular weight is 209 g/mol. The SMILES string of the molecule is NC(CCO)c1ccc2nsnc2c1. The highest BCUT2D eigenvalue weighted by atomic mass is 32.1. The van der Waals surface area contributed by atoms with Gasteiger partial charge in [-0.2, -0.15) is 8.75 Å². The molecule has 0 bridgehead atoms. The van der Waals surface area contributed by atoms with E-state index in [2.05, 4.69) is 8.75 Å². The van der Waals surface area contributed by atoms with E-state index in [4.69, 9.17) is 10.8 Å². The summed E-state index contributed by atoms with van der Waals surface area (Å²) < 4.78 is 8.24. The van der Waals surface area contributed by atoms with E-state index in [1.54, 1.807) is 0 Å². The van der Waals surface area contributed by atoms with Crippen molar-refractivity contribution in [3.8, 4) is 0 Å². The lowest BCUT2D eigenvalue weighted by Gasteiger charge is -2.09. The number of hydrogen-bond donors (Lipinski definition) is 2. The van der Waals surface area contributed by atoms with E-state index in [0.29, 0.717) is 6.42 Å². The molecular weight excluding hydrogens is 198 g/mol. The van der Waals surface area contributed by atoms with Crippen LogP contribution in [0.15, 0.2) is 18.2 Å². The molecule has 0 aliphatic heterocycles. The van der Waals surface area contributed by atoms with E-state index < -0.39 is 0 Å². The third kappa shape index (κ3) is 1.75. The second kappa shape index (κ2) is 4.00. The van der Waals surface area contributed by atoms with Gasteiger partial charge in [0.15, 0.2) is 0 Å². The van der Waals surface area contributed by atoms with Crippen molar-refractivity contribution in [2.24, 2.45) is 5.73 Å². The van der Waals surface area contributed by atoms with E-state index in [-0.39, 0.29) is 12.6 Å². The number of nitrogens with two attached hydrogens (primary N) is 1. The van der Waals surface area contributed by atoms with Crippen LogP contribution < -0.4 is 5.73 Å². The van der Waals surface area contributed by atoms with Crippen LogP contribution in [0, 0.1) is 0 Å². The number of rotatable bonds is 3. The number of nitrogens with zero attached hydrogens (tertiary/aromatic N) is 2. The number of aromatic nitrogens is 2. The highest BCUT2D eigenvalue weighted by Gasteiger charge is 2.07. The monoisotopic (exact) mass is 209 g/mol. The van der Waals surface area contributed by atoms with Crippen molar-refractivity contribution in [1.82, 2.24) is 8.75 Å². The van der Waals surface area contributed by atoms with Gasteiger partial charge in [-0.3, -0.25) is 0 Å². The van der Waals surface area contributed by atoms with Crippen LogP contribution in [0.2, 0.25) is 0 Å². The molecule has 0 saturated heterocycles. The normalized spacial score (nSPS) is 13.3. The molecule has 0 radical (unpaired) electrons. The Morgan fingerprint density at radius 3 is 2.93 bits per heavy atom. The van der Waals surface area contributed by atoms with E-state index in [0.717, 1.165) is 16.6 Å². The van der Waals surface area contributed by atoms with Crippen LogP contribution in [0.3, 0.4) is 0 Å². The summed E-state index contributed by atoms with van der Waals surface area (Å²) >= 11 is 1.20. The van der Waals surface area contributed by atoms with Crippen LogP contribution in [0.5, 0.6) is 0 Å². The van der Waals surface area contributed by atoms with Gasteiger partial charge in [0, 0.05) is 12.6 Å². The molecule has 3 N–H and O–H groups in total. The Bertz CT molecular complexity index is 429. The van der Waals surface area contributed by atoms with Gasteiger partial charge in [-0.05, 0) is 24.1 Å². The molecule has 1 heterocycles. The summed E-state index contributed by atoms with van der Waals surface area (Å²) in [5.41, 5.74) is 8.63. The molecule has 0 amide bonds. The minimum Gasteiger partial charge on any atom is -0.396 e. The maximum Gasteiger partial charge on any atom is 0.105 e. The van der Waals surface area contributed by atoms with Crippen molar-refractivity contribution < 1.29 is 5.11 Å². The largest absolute Gasteiger partial charge is 0.396 e. The minimum atomic E-state index is -0.119. The van der Waals surface area contributed by atoms with Crippen molar-refractivity contribution in [3.63, 3.8) is 0 Å². The molecule has 1 aromatic heterocycles. The average Bonchev–Trinajstić information content (AvgIpc) is 2.64. The van der Waals surface area contributed by atoms with Crippen molar-refractivity contribution in [2.75, 3.05) is 6.61 Å². The quantitative estimate of drug-likeness (QED) is 0.793. The Balaban J connectivity index is 2.33. The fourth-order valence-electron chi connectivity index (χ4n) is 1.34. The lowest BCUT2D eigenvalue weighted by Crippen LogP contribution is -2.11. The predicted molar refractivity (Wildman–Crippen MR) is 56.0 cm³/mol. The third-order valence-electron chi connectivity index (χ3n) is 2.15. The first-order valence-corrected chi connectivity index (χ1v) is 5.13. The maximum absolute atomic E-state index is 8.77. The summed E-state index contributed by atoms with van der Waals surface area (Å²) in [6, 6.07) is 5.65. The molecule has 0 aliphatic carbocycles. The molecule has 0 fully saturated rings. The maximum atomic E-state index is 8.77. The van der Waals surface area contributed by atoms with Crippen LogP contribution in [0.4, 0.5) is 0 Å². The molecule has 0 spiro atoms. The Morgan fingerprint density at radius 1 is 1.36 bits per heavy atom. The molecule has 2 aromatic rings. The topological polar surface area (TPSA) is 72.0 Å². The molecule has 1 unspecified atom stereocenters. The van der Waals surface area contributed by atoms with Gasteiger partial charge in [0.05, 0.1) is 11.7 Å². The Labute approximate surface area is 85.7 Å². The molecule has 0 saturated carbocycles. The highest BCUT2D eigenvalue weighted by molar-refractivity contribution is 7.00. The number of aliphatic hydroxyl groups is 1. The number of hydrogen-bond acceptors (Lipinski definition) is 5. The molecule has 0 aliphatic rings. The third-order valence-corrected chi connectivity index (χ3v) is 2.70. The first-order valence-electron chi connectivity index (χ1n) is 4.40. The van der Waals surface area contributed by atoms with Gasteiger partial charge in [-0.15, -0.1) is 0 Å². The van der Waals surface area contributed by atoms with Gasteiger partial charge in [-0.25, -0.2) is 0 Å². The van der Waals surface area contributed by atoms with E-state index >= 15 is 0 Å². The Hall–Kier alpha value is -1.04. The van der Waals surface area contributed by atoms with E-state index in [9.17, 15) is 0 Å². The van der Waals surface area contributed by atoms with Crippen molar-refractivity contribution in [2.45, 2.75) is 12.5 Å². The predicted octanol–water partition coefficient (Wildman–Crippen LogP) is 1.07. The lowest BCUT2D eigenvalue weighted by atomic mass is 10.0. The van der Waals surface area contributed by atoms with Crippen LogP contribution in [0.25, 0.3) is 11.0 Å². The van der Waals surface area contributed by atoms with Crippen LogP contribution >= 0.6 is 11.7 Å². The Kier molecular flexibility index (Phi) is 2.72. The summed E-state index contributed by atoms with van der Waals surface area (Å²) in [4.78, 5) is 0.